The van der Waals surface area contributed by atoms with E-state index in [1.165, 1.54) is 16.4 Å². The van der Waals surface area contributed by atoms with E-state index in [1.807, 2.05) is 30.3 Å². The summed E-state index contributed by atoms with van der Waals surface area (Å²) < 4.78 is 40.1. The highest BCUT2D eigenvalue weighted by atomic mass is 32.2. The number of nitrogens with one attached hydrogen (secondary N) is 1. The second-order valence-corrected chi connectivity index (χ2v) is 9.77. The van der Waals surface area contributed by atoms with Crippen molar-refractivity contribution in [3.05, 3.63) is 78.1 Å². The quantitative estimate of drug-likeness (QED) is 0.623. The standard InChI is InChI=1S/C24H24FN3O4S/c25-21-8-10-22(11-9-21)33(31,32)28-13-3-12-27(14-15-28)23(29)17-26-24(30)20-7-6-18-4-1-2-5-19(18)16-20/h1-2,4-11,16H,3,12-15,17H2,(H,26,30). The molecule has 2 amide bonds. The van der Waals surface area contributed by atoms with Gasteiger partial charge in [-0.1, -0.05) is 30.3 Å². The van der Waals surface area contributed by atoms with E-state index in [-0.39, 0.29) is 42.9 Å². The van der Waals surface area contributed by atoms with Crippen molar-refractivity contribution >= 4 is 32.6 Å². The van der Waals surface area contributed by atoms with Crippen molar-refractivity contribution in [3.8, 4) is 0 Å². The predicted molar refractivity (Wildman–Crippen MR) is 123 cm³/mol. The molecule has 0 aromatic heterocycles. The van der Waals surface area contributed by atoms with Crippen molar-refractivity contribution in [2.45, 2.75) is 11.3 Å². The van der Waals surface area contributed by atoms with Crippen LogP contribution in [0.15, 0.2) is 71.6 Å². The van der Waals surface area contributed by atoms with Gasteiger partial charge in [0.2, 0.25) is 15.9 Å². The van der Waals surface area contributed by atoms with Crippen LogP contribution in [0.1, 0.15) is 16.8 Å². The number of nitrogens with zero attached hydrogens (tertiary/aromatic N) is 2. The maximum atomic E-state index is 13.1. The molecule has 1 N–H and O–H groups in total. The minimum absolute atomic E-state index is 0.0197. The second kappa shape index (κ2) is 9.68. The monoisotopic (exact) mass is 469 g/mol. The third-order valence-corrected chi connectivity index (χ3v) is 7.58. The van der Waals surface area contributed by atoms with Crippen LogP contribution < -0.4 is 5.32 Å². The third kappa shape index (κ3) is 5.20. The molecule has 1 saturated heterocycles. The lowest BCUT2D eigenvalue weighted by Crippen LogP contribution is -2.42. The van der Waals surface area contributed by atoms with Crippen LogP contribution in [0.2, 0.25) is 0 Å². The Labute approximate surface area is 191 Å². The maximum Gasteiger partial charge on any atom is 0.251 e. The molecule has 33 heavy (non-hydrogen) atoms. The molecule has 0 aliphatic carbocycles. The number of hydrogen-bond acceptors (Lipinski definition) is 4. The van der Waals surface area contributed by atoms with E-state index in [4.69, 9.17) is 0 Å². The van der Waals surface area contributed by atoms with Gasteiger partial charge in [0, 0.05) is 31.7 Å². The molecule has 1 fully saturated rings. The molecule has 1 aliphatic heterocycles. The fraction of sp³-hybridized carbons (Fsp3) is 0.250. The number of rotatable bonds is 5. The van der Waals surface area contributed by atoms with Crippen LogP contribution in [-0.2, 0) is 14.8 Å². The first-order chi connectivity index (χ1) is 15.8. The zero-order chi connectivity index (χ0) is 23.4. The van der Waals surface area contributed by atoms with Gasteiger partial charge in [-0.15, -0.1) is 0 Å². The molecule has 0 radical (unpaired) electrons. The summed E-state index contributed by atoms with van der Waals surface area (Å²) in [5.74, 6) is -1.12. The Kier molecular flexibility index (Phi) is 6.71. The first-order valence-electron chi connectivity index (χ1n) is 10.6. The largest absolute Gasteiger partial charge is 0.343 e. The highest BCUT2D eigenvalue weighted by molar-refractivity contribution is 7.89. The zero-order valence-corrected chi connectivity index (χ0v) is 18.7. The number of amides is 2. The molecule has 7 nitrogen and oxygen atoms in total. The number of carbonyl (C=O) groups excluding carboxylic acids is 2. The van der Waals surface area contributed by atoms with E-state index in [0.29, 0.717) is 18.5 Å². The maximum absolute atomic E-state index is 13.1. The molecule has 3 aromatic rings. The van der Waals surface area contributed by atoms with Gasteiger partial charge in [0.25, 0.3) is 5.91 Å². The molecule has 172 valence electrons. The van der Waals surface area contributed by atoms with Crippen molar-refractivity contribution < 1.29 is 22.4 Å². The first-order valence-corrected chi connectivity index (χ1v) is 12.1. The average Bonchev–Trinajstić information content (AvgIpc) is 3.09. The predicted octanol–water partition coefficient (Wildman–Crippen LogP) is 2.63. The summed E-state index contributed by atoms with van der Waals surface area (Å²) in [5, 5.41) is 4.62. The van der Waals surface area contributed by atoms with Crippen LogP contribution in [0.25, 0.3) is 10.8 Å². The molecule has 0 atom stereocenters. The molecular weight excluding hydrogens is 445 g/mol. The van der Waals surface area contributed by atoms with Gasteiger partial charge in [0.05, 0.1) is 11.4 Å². The number of sulfonamides is 1. The summed E-state index contributed by atoms with van der Waals surface area (Å²) in [5.41, 5.74) is 0.467. The Balaban J connectivity index is 1.34. The molecule has 0 spiro atoms. The highest BCUT2D eigenvalue weighted by Crippen LogP contribution is 2.18. The molecule has 0 bridgehead atoms. The molecule has 0 saturated carbocycles. The average molecular weight is 470 g/mol. The van der Waals surface area contributed by atoms with Crippen molar-refractivity contribution in [1.29, 1.82) is 0 Å². The van der Waals surface area contributed by atoms with Crippen LogP contribution in [0.3, 0.4) is 0 Å². The Morgan fingerprint density at radius 1 is 0.879 bits per heavy atom. The van der Waals surface area contributed by atoms with E-state index in [2.05, 4.69) is 5.32 Å². The van der Waals surface area contributed by atoms with Gasteiger partial charge < -0.3 is 10.2 Å². The second-order valence-electron chi connectivity index (χ2n) is 7.84. The van der Waals surface area contributed by atoms with Crippen LogP contribution in [0, 0.1) is 5.82 Å². The van der Waals surface area contributed by atoms with Crippen LogP contribution in [-0.4, -0.2) is 62.2 Å². The van der Waals surface area contributed by atoms with Gasteiger partial charge in [-0.25, -0.2) is 12.8 Å². The lowest BCUT2D eigenvalue weighted by atomic mass is 10.1. The Hall–Kier alpha value is -3.30. The molecule has 4 rings (SSSR count). The van der Waals surface area contributed by atoms with Gasteiger partial charge in [-0.3, -0.25) is 9.59 Å². The van der Waals surface area contributed by atoms with Crippen molar-refractivity contribution in [1.82, 2.24) is 14.5 Å². The fourth-order valence-electron chi connectivity index (χ4n) is 3.84. The van der Waals surface area contributed by atoms with Gasteiger partial charge in [0.1, 0.15) is 5.82 Å². The summed E-state index contributed by atoms with van der Waals surface area (Å²) in [7, 11) is -3.77. The summed E-state index contributed by atoms with van der Waals surface area (Å²) >= 11 is 0. The molecule has 0 unspecified atom stereocenters. The topological polar surface area (TPSA) is 86.8 Å². The number of hydrogen-bond donors (Lipinski definition) is 1. The number of halogens is 1. The van der Waals surface area contributed by atoms with E-state index in [9.17, 15) is 22.4 Å². The Bertz CT molecular complexity index is 1280. The van der Waals surface area contributed by atoms with Crippen LogP contribution in [0.4, 0.5) is 4.39 Å². The number of carbonyl (C=O) groups is 2. The third-order valence-electron chi connectivity index (χ3n) is 5.67. The van der Waals surface area contributed by atoms with Gasteiger partial charge >= 0.3 is 0 Å². The van der Waals surface area contributed by atoms with E-state index in [0.717, 1.165) is 22.9 Å². The molecular formula is C24H24FN3O4S. The van der Waals surface area contributed by atoms with Crippen LogP contribution in [0.5, 0.6) is 0 Å². The molecule has 1 heterocycles. The van der Waals surface area contributed by atoms with Crippen LogP contribution >= 0.6 is 0 Å². The molecule has 1 aliphatic rings. The first kappa shape index (κ1) is 22.9. The fourth-order valence-corrected chi connectivity index (χ4v) is 5.31. The van der Waals surface area contributed by atoms with Crippen molar-refractivity contribution in [2.24, 2.45) is 0 Å². The molecule has 9 heteroatoms. The number of benzene rings is 3. The highest BCUT2D eigenvalue weighted by Gasteiger charge is 2.28. The van der Waals surface area contributed by atoms with E-state index < -0.39 is 15.8 Å². The smallest absolute Gasteiger partial charge is 0.251 e. The Morgan fingerprint density at radius 3 is 2.36 bits per heavy atom. The summed E-state index contributed by atoms with van der Waals surface area (Å²) in [6, 6.07) is 17.7. The zero-order valence-electron chi connectivity index (χ0n) is 17.9. The minimum Gasteiger partial charge on any atom is -0.343 e. The van der Waals surface area contributed by atoms with E-state index >= 15 is 0 Å². The van der Waals surface area contributed by atoms with Gasteiger partial charge in [-0.05, 0) is 53.6 Å². The summed E-state index contributed by atoms with van der Waals surface area (Å²) in [6.45, 7) is 0.818. The SMILES string of the molecule is O=C(NCC(=O)N1CCCN(S(=O)(=O)c2ccc(F)cc2)CC1)c1ccc2ccccc2c1. The lowest BCUT2D eigenvalue weighted by Gasteiger charge is -2.22. The Morgan fingerprint density at radius 2 is 1.61 bits per heavy atom. The number of fused-ring (bicyclic) bond motifs is 1. The normalized spacial score (nSPS) is 15.2. The van der Waals surface area contributed by atoms with Gasteiger partial charge in [0.15, 0.2) is 0 Å². The minimum atomic E-state index is -3.77. The van der Waals surface area contributed by atoms with Crippen molar-refractivity contribution in [3.63, 3.8) is 0 Å². The van der Waals surface area contributed by atoms with Gasteiger partial charge in [-0.2, -0.15) is 4.31 Å². The lowest BCUT2D eigenvalue weighted by molar-refractivity contribution is -0.129. The summed E-state index contributed by atoms with van der Waals surface area (Å²) in [6.07, 6.45) is 0.463. The van der Waals surface area contributed by atoms with E-state index in [1.54, 1.807) is 17.0 Å². The summed E-state index contributed by atoms with van der Waals surface area (Å²) in [4.78, 5) is 26.8. The van der Waals surface area contributed by atoms with Crippen molar-refractivity contribution in [2.75, 3.05) is 32.7 Å². The molecule has 3 aromatic carbocycles.